The van der Waals surface area contributed by atoms with Gasteiger partial charge >= 0.3 is 0 Å². The van der Waals surface area contributed by atoms with Crippen LogP contribution in [0.3, 0.4) is 0 Å². The van der Waals surface area contributed by atoms with Gasteiger partial charge in [-0.3, -0.25) is 0 Å². The molecule has 82 valence electrons. The van der Waals surface area contributed by atoms with Crippen molar-refractivity contribution in [2.45, 2.75) is 44.6 Å². The third-order valence-electron chi connectivity index (χ3n) is 2.74. The highest BCUT2D eigenvalue weighted by molar-refractivity contribution is 7.99. The first kappa shape index (κ1) is 12.1. The number of hydrogen-bond acceptors (Lipinski definition) is 2. The number of thioether (sulfide) groups is 1. The number of hydrogen-bond donors (Lipinski definition) is 1. The largest absolute Gasteiger partial charge is 0.314 e. The number of rotatable bonds is 7. The Hall–Kier alpha value is 0.0500. The van der Waals surface area contributed by atoms with E-state index in [9.17, 15) is 0 Å². The van der Waals surface area contributed by atoms with Crippen LogP contribution in [0.5, 0.6) is 0 Å². The van der Waals surface area contributed by atoms with Gasteiger partial charge in [-0.25, -0.2) is 0 Å². The Morgan fingerprint density at radius 3 is 2.71 bits per heavy atom. The van der Waals surface area contributed by atoms with Crippen molar-refractivity contribution in [1.82, 2.24) is 5.32 Å². The predicted molar refractivity (Wildman–Crippen MR) is 67.0 cm³/mol. The topological polar surface area (TPSA) is 12.0 Å². The van der Waals surface area contributed by atoms with E-state index < -0.39 is 0 Å². The van der Waals surface area contributed by atoms with Crippen molar-refractivity contribution in [3.8, 4) is 0 Å². The average molecular weight is 213 g/mol. The van der Waals surface area contributed by atoms with Gasteiger partial charge in [0.2, 0.25) is 0 Å². The molecule has 0 unspecified atom stereocenters. The maximum Gasteiger partial charge on any atom is 0.00827 e. The molecule has 2 heteroatoms. The van der Waals surface area contributed by atoms with E-state index in [0.29, 0.717) is 0 Å². The Balaban J connectivity index is 1.85. The summed E-state index contributed by atoms with van der Waals surface area (Å²) in [5.41, 5.74) is 0. The van der Waals surface area contributed by atoms with E-state index >= 15 is 0 Å². The highest BCUT2D eigenvalue weighted by Gasteiger charge is 2.11. The van der Waals surface area contributed by atoms with E-state index in [1.54, 1.807) is 0 Å². The van der Waals surface area contributed by atoms with Crippen molar-refractivity contribution in [3.05, 3.63) is 12.7 Å². The molecule has 1 saturated heterocycles. The molecule has 1 rings (SSSR count). The molecule has 0 aromatic rings. The first-order valence-electron chi connectivity index (χ1n) is 5.85. The summed E-state index contributed by atoms with van der Waals surface area (Å²) in [6.45, 7) is 4.95. The van der Waals surface area contributed by atoms with Crippen molar-refractivity contribution < 1.29 is 0 Å². The van der Waals surface area contributed by atoms with Crippen molar-refractivity contribution in [1.29, 1.82) is 0 Å². The summed E-state index contributed by atoms with van der Waals surface area (Å²) in [5.74, 6) is 2.71. The molecule has 14 heavy (non-hydrogen) atoms. The van der Waals surface area contributed by atoms with Crippen LogP contribution >= 0.6 is 11.8 Å². The summed E-state index contributed by atoms with van der Waals surface area (Å²) in [6.07, 6.45) is 9.93. The van der Waals surface area contributed by atoms with Crippen LogP contribution in [0.1, 0.15) is 38.5 Å². The molecule has 0 spiro atoms. The molecule has 1 heterocycles. The minimum Gasteiger partial charge on any atom is -0.314 e. The minimum atomic E-state index is 0.815. The van der Waals surface area contributed by atoms with Gasteiger partial charge in [-0.2, -0.15) is 11.8 Å². The average Bonchev–Trinajstić information content (AvgIpc) is 2.25. The maximum atomic E-state index is 3.73. The second-order valence-corrected chi connectivity index (χ2v) is 5.20. The van der Waals surface area contributed by atoms with Gasteiger partial charge in [0.25, 0.3) is 0 Å². The molecule has 0 aromatic carbocycles. The van der Waals surface area contributed by atoms with Crippen LogP contribution in [-0.2, 0) is 0 Å². The quantitative estimate of drug-likeness (QED) is 0.515. The lowest BCUT2D eigenvalue weighted by Gasteiger charge is -2.22. The van der Waals surface area contributed by atoms with Crippen molar-refractivity contribution in [3.63, 3.8) is 0 Å². The zero-order valence-electron chi connectivity index (χ0n) is 9.13. The summed E-state index contributed by atoms with van der Waals surface area (Å²) < 4.78 is 0. The fourth-order valence-electron chi connectivity index (χ4n) is 1.80. The van der Waals surface area contributed by atoms with E-state index in [4.69, 9.17) is 0 Å². The SMILES string of the molecule is C=CCCCCCNC1CCSCC1. The molecule has 1 fully saturated rings. The monoisotopic (exact) mass is 213 g/mol. The Bertz CT molecular complexity index is 141. The summed E-state index contributed by atoms with van der Waals surface area (Å²) in [6, 6.07) is 0.815. The molecule has 0 radical (unpaired) electrons. The highest BCUT2D eigenvalue weighted by Crippen LogP contribution is 2.16. The smallest absolute Gasteiger partial charge is 0.00827 e. The van der Waals surface area contributed by atoms with Crippen LogP contribution in [0.15, 0.2) is 12.7 Å². The molecular formula is C12H23NS. The second kappa shape index (κ2) is 8.37. The third kappa shape index (κ3) is 5.71. The Kier molecular flexibility index (Phi) is 7.24. The summed E-state index contributed by atoms with van der Waals surface area (Å²) >= 11 is 2.10. The standard InChI is InChI=1S/C12H23NS/c1-2-3-4-5-6-9-13-12-7-10-14-11-8-12/h2,12-13H,1,3-11H2. The van der Waals surface area contributed by atoms with Gasteiger partial charge in [-0.1, -0.05) is 12.5 Å². The minimum absolute atomic E-state index is 0.815. The van der Waals surface area contributed by atoms with Crippen LogP contribution in [0.2, 0.25) is 0 Å². The molecule has 1 aliphatic heterocycles. The molecular weight excluding hydrogens is 190 g/mol. The lowest BCUT2D eigenvalue weighted by molar-refractivity contribution is 0.470. The molecule has 1 N–H and O–H groups in total. The van der Waals surface area contributed by atoms with Gasteiger partial charge in [0, 0.05) is 6.04 Å². The molecule has 0 saturated carbocycles. The van der Waals surface area contributed by atoms with Crippen LogP contribution < -0.4 is 5.32 Å². The Morgan fingerprint density at radius 1 is 1.21 bits per heavy atom. The van der Waals surface area contributed by atoms with Crippen LogP contribution in [0.25, 0.3) is 0 Å². The molecule has 1 nitrogen and oxygen atoms in total. The molecule has 0 aromatic heterocycles. The molecule has 0 aliphatic carbocycles. The van der Waals surface area contributed by atoms with Gasteiger partial charge in [-0.15, -0.1) is 6.58 Å². The number of nitrogens with one attached hydrogen (secondary N) is 1. The normalized spacial score (nSPS) is 18.3. The van der Waals surface area contributed by atoms with E-state index in [2.05, 4.69) is 23.7 Å². The Labute approximate surface area is 92.7 Å². The van der Waals surface area contributed by atoms with Gasteiger partial charge in [0.1, 0.15) is 0 Å². The van der Waals surface area contributed by atoms with Gasteiger partial charge in [0.15, 0.2) is 0 Å². The van der Waals surface area contributed by atoms with Crippen molar-refractivity contribution >= 4 is 11.8 Å². The van der Waals surface area contributed by atoms with E-state index in [-0.39, 0.29) is 0 Å². The summed E-state index contributed by atoms with van der Waals surface area (Å²) in [7, 11) is 0. The Morgan fingerprint density at radius 2 is 2.00 bits per heavy atom. The number of allylic oxidation sites excluding steroid dienone is 1. The molecule has 0 bridgehead atoms. The van der Waals surface area contributed by atoms with Crippen molar-refractivity contribution in [2.24, 2.45) is 0 Å². The molecule has 0 amide bonds. The van der Waals surface area contributed by atoms with Crippen LogP contribution in [0.4, 0.5) is 0 Å². The zero-order chi connectivity index (χ0) is 10.1. The highest BCUT2D eigenvalue weighted by atomic mass is 32.2. The van der Waals surface area contributed by atoms with Crippen LogP contribution in [-0.4, -0.2) is 24.1 Å². The maximum absolute atomic E-state index is 3.73. The first-order chi connectivity index (χ1) is 6.93. The fraction of sp³-hybridized carbons (Fsp3) is 0.833. The second-order valence-electron chi connectivity index (χ2n) is 3.98. The number of unbranched alkanes of at least 4 members (excludes halogenated alkanes) is 3. The lowest BCUT2D eigenvalue weighted by atomic mass is 10.1. The first-order valence-corrected chi connectivity index (χ1v) is 7.01. The predicted octanol–water partition coefficient (Wildman–Crippen LogP) is 3.22. The van der Waals surface area contributed by atoms with Crippen LogP contribution in [0, 0.1) is 0 Å². The lowest BCUT2D eigenvalue weighted by Crippen LogP contribution is -2.33. The zero-order valence-corrected chi connectivity index (χ0v) is 9.95. The van der Waals surface area contributed by atoms with Crippen molar-refractivity contribution in [2.75, 3.05) is 18.1 Å². The fourth-order valence-corrected chi connectivity index (χ4v) is 2.90. The van der Waals surface area contributed by atoms with Gasteiger partial charge in [-0.05, 0) is 50.2 Å². The molecule has 1 aliphatic rings. The van der Waals surface area contributed by atoms with E-state index in [1.807, 2.05) is 6.08 Å². The van der Waals surface area contributed by atoms with E-state index in [1.165, 1.54) is 56.6 Å². The van der Waals surface area contributed by atoms with E-state index in [0.717, 1.165) is 6.04 Å². The molecule has 0 atom stereocenters. The van der Waals surface area contributed by atoms with Gasteiger partial charge in [0.05, 0.1) is 0 Å². The third-order valence-corrected chi connectivity index (χ3v) is 3.79. The van der Waals surface area contributed by atoms with Gasteiger partial charge < -0.3 is 5.32 Å². The summed E-state index contributed by atoms with van der Waals surface area (Å²) in [5, 5.41) is 3.66. The summed E-state index contributed by atoms with van der Waals surface area (Å²) in [4.78, 5) is 0.